The maximum Gasteiger partial charge on any atom is 0.320 e. The van der Waals surface area contributed by atoms with E-state index in [0.29, 0.717) is 5.82 Å². The van der Waals surface area contributed by atoms with Gasteiger partial charge in [-0.1, -0.05) is 25.9 Å². The van der Waals surface area contributed by atoms with E-state index in [0.717, 1.165) is 6.42 Å². The lowest BCUT2D eigenvalue weighted by Crippen LogP contribution is -2.10. The van der Waals surface area contributed by atoms with Gasteiger partial charge in [-0.3, -0.25) is 0 Å². The summed E-state index contributed by atoms with van der Waals surface area (Å²) in [4.78, 5) is 3.88. The third-order valence-electron chi connectivity index (χ3n) is 1.13. The quantitative estimate of drug-likeness (QED) is 0.656. The fraction of sp³-hybridized carbons (Fsp3) is 0.714. The normalized spacial score (nSPS) is 12.0. The molecular weight excluding hydrogens is 164 g/mol. The molecule has 1 aromatic heterocycles. The first-order valence-corrected chi connectivity index (χ1v) is 3.83. The van der Waals surface area contributed by atoms with Crippen LogP contribution in [0.15, 0.2) is 4.52 Å². The number of nitrogens with zero attached hydrogens (tertiary/aromatic N) is 2. The third kappa shape index (κ3) is 2.89. The average Bonchev–Trinajstić information content (AvgIpc) is 2.10. The molecule has 1 rings (SSSR count). The van der Waals surface area contributed by atoms with E-state index < -0.39 is 0 Å². The Kier molecular flexibility index (Phi) is 2.18. The lowest BCUT2D eigenvalue weighted by Gasteiger charge is -2.14. The molecule has 0 amide bonds. The van der Waals surface area contributed by atoms with Gasteiger partial charge in [0.2, 0.25) is 0 Å². The fourth-order valence-electron chi connectivity index (χ4n) is 0.779. The van der Waals surface area contributed by atoms with E-state index >= 15 is 0 Å². The molecule has 0 aliphatic carbocycles. The van der Waals surface area contributed by atoms with E-state index in [1.807, 2.05) is 0 Å². The van der Waals surface area contributed by atoms with Crippen LogP contribution in [0.3, 0.4) is 0 Å². The largest absolute Gasteiger partial charge is 0.321 e. The Balaban J connectivity index is 2.65. The highest BCUT2D eigenvalue weighted by atomic mass is 35.5. The Labute approximate surface area is 70.7 Å². The zero-order valence-corrected chi connectivity index (χ0v) is 7.64. The van der Waals surface area contributed by atoms with Gasteiger partial charge in [0, 0.05) is 6.42 Å². The second-order valence-electron chi connectivity index (χ2n) is 3.70. The molecule has 0 aromatic carbocycles. The molecule has 0 atom stereocenters. The molecule has 0 aliphatic rings. The highest BCUT2D eigenvalue weighted by molar-refractivity contribution is 6.27. The second kappa shape index (κ2) is 2.81. The summed E-state index contributed by atoms with van der Waals surface area (Å²) in [5.41, 5.74) is 0.174. The molecule has 11 heavy (non-hydrogen) atoms. The summed E-state index contributed by atoms with van der Waals surface area (Å²) >= 11 is 5.45. The van der Waals surface area contributed by atoms with Crippen molar-refractivity contribution in [3.05, 3.63) is 11.2 Å². The van der Waals surface area contributed by atoms with Crippen LogP contribution in [0.1, 0.15) is 26.6 Å². The van der Waals surface area contributed by atoms with Crippen molar-refractivity contribution in [2.45, 2.75) is 27.2 Å². The van der Waals surface area contributed by atoms with Crippen LogP contribution in [0.2, 0.25) is 5.35 Å². The molecule has 0 saturated carbocycles. The number of aromatic nitrogens is 2. The standard InChI is InChI=1S/C7H11ClN2O/c1-7(2,3)4-5-9-6(8)11-10-5/h4H2,1-3H3. The van der Waals surface area contributed by atoms with Crippen LogP contribution in [-0.2, 0) is 6.42 Å². The van der Waals surface area contributed by atoms with Gasteiger partial charge in [-0.05, 0) is 17.0 Å². The van der Waals surface area contributed by atoms with Gasteiger partial charge in [0.1, 0.15) is 0 Å². The molecule has 0 spiro atoms. The molecule has 0 unspecified atom stereocenters. The maximum absolute atomic E-state index is 5.45. The van der Waals surface area contributed by atoms with Crippen LogP contribution in [0.5, 0.6) is 0 Å². The van der Waals surface area contributed by atoms with Crippen molar-refractivity contribution in [1.29, 1.82) is 0 Å². The van der Waals surface area contributed by atoms with Crippen molar-refractivity contribution >= 4 is 11.6 Å². The summed E-state index contributed by atoms with van der Waals surface area (Å²) in [6, 6.07) is 0. The van der Waals surface area contributed by atoms with Gasteiger partial charge in [-0.15, -0.1) is 0 Å². The number of halogens is 1. The minimum Gasteiger partial charge on any atom is -0.321 e. The van der Waals surface area contributed by atoms with Gasteiger partial charge < -0.3 is 4.52 Å². The first kappa shape index (κ1) is 8.53. The summed E-state index contributed by atoms with van der Waals surface area (Å²) in [6.07, 6.45) is 0.781. The predicted molar refractivity (Wildman–Crippen MR) is 42.5 cm³/mol. The van der Waals surface area contributed by atoms with Gasteiger partial charge in [0.05, 0.1) is 0 Å². The summed E-state index contributed by atoms with van der Waals surface area (Å²) in [5.74, 6) is 0.669. The highest BCUT2D eigenvalue weighted by Gasteiger charge is 2.15. The van der Waals surface area contributed by atoms with E-state index in [9.17, 15) is 0 Å². The van der Waals surface area contributed by atoms with Crippen LogP contribution in [0.4, 0.5) is 0 Å². The monoisotopic (exact) mass is 174 g/mol. The lowest BCUT2D eigenvalue weighted by molar-refractivity contribution is 0.371. The third-order valence-corrected chi connectivity index (χ3v) is 1.29. The van der Waals surface area contributed by atoms with Crippen molar-refractivity contribution in [1.82, 2.24) is 10.1 Å². The van der Waals surface area contributed by atoms with Crippen LogP contribution in [0, 0.1) is 5.41 Å². The zero-order valence-electron chi connectivity index (χ0n) is 6.89. The molecule has 0 saturated heterocycles. The Morgan fingerprint density at radius 1 is 1.45 bits per heavy atom. The highest BCUT2D eigenvalue weighted by Crippen LogP contribution is 2.19. The Morgan fingerprint density at radius 2 is 2.09 bits per heavy atom. The molecule has 1 heterocycles. The SMILES string of the molecule is CC(C)(C)Cc1noc(Cl)n1. The van der Waals surface area contributed by atoms with E-state index in [1.54, 1.807) is 0 Å². The minimum absolute atomic E-state index is 0.115. The van der Waals surface area contributed by atoms with Gasteiger partial charge in [0.25, 0.3) is 0 Å². The van der Waals surface area contributed by atoms with E-state index in [1.165, 1.54) is 0 Å². The van der Waals surface area contributed by atoms with Crippen molar-refractivity contribution in [2.24, 2.45) is 5.41 Å². The topological polar surface area (TPSA) is 38.9 Å². The molecular formula is C7H11ClN2O. The lowest BCUT2D eigenvalue weighted by atomic mass is 9.92. The molecule has 3 nitrogen and oxygen atoms in total. The van der Waals surface area contributed by atoms with Crippen molar-refractivity contribution in [3.8, 4) is 0 Å². The summed E-state index contributed by atoms with van der Waals surface area (Å²) in [6.45, 7) is 6.33. The number of hydrogen-bond acceptors (Lipinski definition) is 3. The van der Waals surface area contributed by atoms with Crippen LogP contribution in [-0.4, -0.2) is 10.1 Å². The smallest absolute Gasteiger partial charge is 0.320 e. The molecule has 0 bridgehead atoms. The molecule has 0 radical (unpaired) electrons. The molecule has 0 fully saturated rings. The van der Waals surface area contributed by atoms with Gasteiger partial charge >= 0.3 is 5.35 Å². The van der Waals surface area contributed by atoms with E-state index in [2.05, 4.69) is 35.4 Å². The van der Waals surface area contributed by atoms with Crippen LogP contribution in [0.25, 0.3) is 0 Å². The predicted octanol–water partition coefficient (Wildman–Crippen LogP) is 2.31. The molecule has 62 valence electrons. The minimum atomic E-state index is 0.115. The van der Waals surface area contributed by atoms with Crippen molar-refractivity contribution < 1.29 is 4.52 Å². The average molecular weight is 175 g/mol. The van der Waals surface area contributed by atoms with E-state index in [-0.39, 0.29) is 10.8 Å². The number of hydrogen-bond donors (Lipinski definition) is 0. The zero-order chi connectivity index (χ0) is 8.48. The van der Waals surface area contributed by atoms with Crippen molar-refractivity contribution in [3.63, 3.8) is 0 Å². The summed E-state index contributed by atoms with van der Waals surface area (Å²) in [7, 11) is 0. The first-order valence-electron chi connectivity index (χ1n) is 3.45. The van der Waals surface area contributed by atoms with Crippen LogP contribution >= 0.6 is 11.6 Å². The first-order chi connectivity index (χ1) is 4.97. The Bertz CT molecular complexity index is 239. The van der Waals surface area contributed by atoms with Gasteiger partial charge in [-0.25, -0.2) is 0 Å². The number of rotatable bonds is 1. The van der Waals surface area contributed by atoms with Gasteiger partial charge in [0.15, 0.2) is 5.82 Å². The molecule has 0 aliphatic heterocycles. The van der Waals surface area contributed by atoms with E-state index in [4.69, 9.17) is 11.6 Å². The molecule has 4 heteroatoms. The second-order valence-corrected chi connectivity index (χ2v) is 4.02. The molecule has 1 aromatic rings. The Morgan fingerprint density at radius 3 is 2.45 bits per heavy atom. The van der Waals surface area contributed by atoms with Crippen LogP contribution < -0.4 is 0 Å². The Hall–Kier alpha value is -0.570. The van der Waals surface area contributed by atoms with Gasteiger partial charge in [-0.2, -0.15) is 4.98 Å². The summed E-state index contributed by atoms with van der Waals surface area (Å²) in [5, 5.41) is 3.80. The van der Waals surface area contributed by atoms with Crippen molar-refractivity contribution in [2.75, 3.05) is 0 Å². The molecule has 0 N–H and O–H groups in total. The fourth-order valence-corrected chi connectivity index (χ4v) is 0.911. The summed E-state index contributed by atoms with van der Waals surface area (Å²) < 4.78 is 4.61. The maximum atomic E-state index is 5.45.